The van der Waals surface area contributed by atoms with Crippen LogP contribution < -0.4 is 5.32 Å². The van der Waals surface area contributed by atoms with E-state index in [1.807, 2.05) is 0 Å². The van der Waals surface area contributed by atoms with Crippen molar-refractivity contribution in [3.05, 3.63) is 29.3 Å². The molecule has 0 spiro atoms. The molecule has 0 heterocycles. The predicted octanol–water partition coefficient (Wildman–Crippen LogP) is 5.39. The van der Waals surface area contributed by atoms with E-state index in [1.165, 1.54) is 16.8 Å². The van der Waals surface area contributed by atoms with Gasteiger partial charge in [0.2, 0.25) is 0 Å². The van der Waals surface area contributed by atoms with Crippen LogP contribution in [0.2, 0.25) is 0 Å². The van der Waals surface area contributed by atoms with Crippen LogP contribution in [0.4, 0.5) is 5.69 Å². The first-order valence-corrected chi connectivity index (χ1v) is 7.08. The van der Waals surface area contributed by atoms with Gasteiger partial charge >= 0.3 is 0 Å². The average molecular weight is 247 g/mol. The van der Waals surface area contributed by atoms with E-state index in [1.54, 1.807) is 0 Å². The topological polar surface area (TPSA) is 12.0 Å². The van der Waals surface area contributed by atoms with E-state index >= 15 is 0 Å². The van der Waals surface area contributed by atoms with Gasteiger partial charge in [0.25, 0.3) is 0 Å². The highest BCUT2D eigenvalue weighted by molar-refractivity contribution is 5.54. The molecule has 0 aliphatic rings. The lowest BCUT2D eigenvalue weighted by molar-refractivity contribution is 0.443. The van der Waals surface area contributed by atoms with Crippen molar-refractivity contribution in [2.45, 2.75) is 60.3 Å². The number of hydrogen-bond donors (Lipinski definition) is 1. The molecule has 1 rings (SSSR count). The molecular formula is C17H29N. The summed E-state index contributed by atoms with van der Waals surface area (Å²) in [5.41, 5.74) is 4.47. The second-order valence-electron chi connectivity index (χ2n) is 7.07. The third-order valence-corrected chi connectivity index (χ3v) is 3.17. The van der Waals surface area contributed by atoms with E-state index < -0.39 is 0 Å². The lowest BCUT2D eigenvalue weighted by Crippen LogP contribution is -2.20. The van der Waals surface area contributed by atoms with Crippen LogP contribution in [0.25, 0.3) is 0 Å². The van der Waals surface area contributed by atoms with Crippen LogP contribution in [0.1, 0.15) is 71.4 Å². The van der Waals surface area contributed by atoms with Gasteiger partial charge in [-0.25, -0.2) is 0 Å². The largest absolute Gasteiger partial charge is 0.384 e. The Morgan fingerprint density at radius 1 is 1.00 bits per heavy atom. The SMILES string of the molecule is CC(C)c1ccc(NCC(C)(C)C)c(C(C)C)c1. The molecule has 0 amide bonds. The first kappa shape index (κ1) is 15.1. The Morgan fingerprint density at radius 3 is 2.06 bits per heavy atom. The molecule has 1 N–H and O–H groups in total. The normalized spacial score (nSPS) is 12.3. The highest BCUT2D eigenvalue weighted by Gasteiger charge is 2.13. The zero-order valence-corrected chi connectivity index (χ0v) is 13.1. The van der Waals surface area contributed by atoms with Crippen LogP contribution in [0, 0.1) is 5.41 Å². The standard InChI is InChI=1S/C17H29N/c1-12(2)14-8-9-16(15(10-14)13(3)4)18-11-17(5,6)7/h8-10,12-13,18H,11H2,1-7H3. The molecule has 0 fully saturated rings. The zero-order valence-electron chi connectivity index (χ0n) is 13.1. The van der Waals surface area contributed by atoms with E-state index in [-0.39, 0.29) is 0 Å². The van der Waals surface area contributed by atoms with Crippen LogP contribution in [-0.4, -0.2) is 6.54 Å². The average Bonchev–Trinajstić information content (AvgIpc) is 2.24. The van der Waals surface area contributed by atoms with Gasteiger partial charge in [-0.2, -0.15) is 0 Å². The molecule has 0 aliphatic heterocycles. The lowest BCUT2D eigenvalue weighted by Gasteiger charge is -2.23. The van der Waals surface area contributed by atoms with Crippen molar-refractivity contribution >= 4 is 5.69 Å². The molecule has 0 atom stereocenters. The molecular weight excluding hydrogens is 218 g/mol. The molecule has 0 aliphatic carbocycles. The summed E-state index contributed by atoms with van der Waals surface area (Å²) in [6.07, 6.45) is 0. The number of benzene rings is 1. The van der Waals surface area contributed by atoms with Gasteiger partial charge in [-0.15, -0.1) is 0 Å². The van der Waals surface area contributed by atoms with Crippen molar-refractivity contribution in [2.75, 3.05) is 11.9 Å². The fourth-order valence-electron chi connectivity index (χ4n) is 1.94. The molecule has 0 bridgehead atoms. The van der Waals surface area contributed by atoms with Crippen LogP contribution in [-0.2, 0) is 0 Å². The fourth-order valence-corrected chi connectivity index (χ4v) is 1.94. The first-order valence-electron chi connectivity index (χ1n) is 7.08. The van der Waals surface area contributed by atoms with Crippen molar-refractivity contribution in [3.8, 4) is 0 Å². The second-order valence-corrected chi connectivity index (χ2v) is 7.07. The Morgan fingerprint density at radius 2 is 1.61 bits per heavy atom. The maximum Gasteiger partial charge on any atom is 0.0375 e. The summed E-state index contributed by atoms with van der Waals surface area (Å²) in [5, 5.41) is 3.60. The Kier molecular flexibility index (Phi) is 4.84. The Balaban J connectivity index is 2.97. The minimum absolute atomic E-state index is 0.310. The Labute approximate surface area is 113 Å². The van der Waals surface area contributed by atoms with E-state index in [0.29, 0.717) is 17.3 Å². The van der Waals surface area contributed by atoms with Crippen LogP contribution in [0.15, 0.2) is 18.2 Å². The van der Waals surface area contributed by atoms with Gasteiger partial charge in [0.05, 0.1) is 0 Å². The lowest BCUT2D eigenvalue weighted by atomic mass is 9.93. The molecule has 0 aromatic heterocycles. The van der Waals surface area contributed by atoms with Crippen LogP contribution >= 0.6 is 0 Å². The fraction of sp³-hybridized carbons (Fsp3) is 0.647. The van der Waals surface area contributed by atoms with Gasteiger partial charge in [0, 0.05) is 12.2 Å². The summed E-state index contributed by atoms with van der Waals surface area (Å²) in [4.78, 5) is 0. The predicted molar refractivity (Wildman–Crippen MR) is 82.6 cm³/mol. The van der Waals surface area contributed by atoms with Crippen molar-refractivity contribution < 1.29 is 0 Å². The van der Waals surface area contributed by atoms with Gasteiger partial charge in [-0.05, 0) is 34.4 Å². The van der Waals surface area contributed by atoms with Crippen molar-refractivity contribution in [3.63, 3.8) is 0 Å². The zero-order chi connectivity index (χ0) is 13.9. The molecule has 0 saturated carbocycles. The summed E-state index contributed by atoms with van der Waals surface area (Å²) >= 11 is 0. The summed E-state index contributed by atoms with van der Waals surface area (Å²) in [5.74, 6) is 1.16. The third kappa shape index (κ3) is 4.36. The van der Waals surface area contributed by atoms with E-state index in [4.69, 9.17) is 0 Å². The molecule has 1 nitrogen and oxygen atoms in total. The molecule has 102 valence electrons. The Bertz CT molecular complexity index is 383. The molecule has 0 radical (unpaired) electrons. The Hall–Kier alpha value is -0.980. The highest BCUT2D eigenvalue weighted by atomic mass is 14.9. The summed E-state index contributed by atoms with van der Waals surface area (Å²) in [7, 11) is 0. The highest BCUT2D eigenvalue weighted by Crippen LogP contribution is 2.29. The number of anilines is 1. The maximum atomic E-state index is 3.60. The molecule has 1 heteroatoms. The minimum Gasteiger partial charge on any atom is -0.384 e. The molecule has 1 aromatic rings. The van der Waals surface area contributed by atoms with Crippen molar-refractivity contribution in [1.82, 2.24) is 0 Å². The van der Waals surface area contributed by atoms with Crippen molar-refractivity contribution in [1.29, 1.82) is 0 Å². The molecule has 1 aromatic carbocycles. The second kappa shape index (κ2) is 5.77. The molecule has 18 heavy (non-hydrogen) atoms. The number of rotatable bonds is 4. The monoisotopic (exact) mass is 247 g/mol. The minimum atomic E-state index is 0.310. The first-order chi connectivity index (χ1) is 8.20. The van der Waals surface area contributed by atoms with Gasteiger partial charge in [0.15, 0.2) is 0 Å². The summed E-state index contributed by atoms with van der Waals surface area (Å²) in [6, 6.07) is 6.86. The number of nitrogens with one attached hydrogen (secondary N) is 1. The molecule has 0 unspecified atom stereocenters. The summed E-state index contributed by atoms with van der Waals surface area (Å²) < 4.78 is 0. The van der Waals surface area contributed by atoms with Crippen LogP contribution in [0.3, 0.4) is 0 Å². The third-order valence-electron chi connectivity index (χ3n) is 3.17. The quantitative estimate of drug-likeness (QED) is 0.752. The summed E-state index contributed by atoms with van der Waals surface area (Å²) in [6.45, 7) is 16.8. The maximum absolute atomic E-state index is 3.60. The van der Waals surface area contributed by atoms with Crippen molar-refractivity contribution in [2.24, 2.45) is 5.41 Å². The van der Waals surface area contributed by atoms with Gasteiger partial charge < -0.3 is 5.32 Å². The van der Waals surface area contributed by atoms with E-state index in [0.717, 1.165) is 6.54 Å². The van der Waals surface area contributed by atoms with Gasteiger partial charge in [0.1, 0.15) is 0 Å². The van der Waals surface area contributed by atoms with Gasteiger partial charge in [-0.1, -0.05) is 60.6 Å². The smallest absolute Gasteiger partial charge is 0.0375 e. The van der Waals surface area contributed by atoms with Crippen LogP contribution in [0.5, 0.6) is 0 Å². The van der Waals surface area contributed by atoms with E-state index in [2.05, 4.69) is 72.0 Å². The van der Waals surface area contributed by atoms with E-state index in [9.17, 15) is 0 Å². The molecule has 0 saturated heterocycles. The van der Waals surface area contributed by atoms with Gasteiger partial charge in [-0.3, -0.25) is 0 Å². The number of hydrogen-bond acceptors (Lipinski definition) is 1.